The predicted molar refractivity (Wildman–Crippen MR) is 75.4 cm³/mol. The number of carbonyl (C=O) groups excluding carboxylic acids is 1. The second kappa shape index (κ2) is 6.41. The lowest BCUT2D eigenvalue weighted by Gasteiger charge is -2.25. The van der Waals surface area contributed by atoms with Gasteiger partial charge in [-0.25, -0.2) is 0 Å². The van der Waals surface area contributed by atoms with Gasteiger partial charge in [0.2, 0.25) is 0 Å². The van der Waals surface area contributed by atoms with Crippen LogP contribution in [0.5, 0.6) is 0 Å². The Kier molecular flexibility index (Phi) is 5.40. The molecule has 1 rings (SSSR count). The maximum absolute atomic E-state index is 12.1. The molecule has 1 amide bonds. The zero-order valence-corrected chi connectivity index (χ0v) is 12.2. The Bertz CT molecular complexity index is 504. The van der Waals surface area contributed by atoms with Crippen LogP contribution in [0.4, 0.5) is 5.69 Å². The Morgan fingerprint density at radius 3 is 2.47 bits per heavy atom. The molecule has 104 valence electrons. The first-order valence-corrected chi connectivity index (χ1v) is 6.66. The van der Waals surface area contributed by atoms with E-state index in [1.54, 1.807) is 6.92 Å². The maximum atomic E-state index is 12.1. The number of hydrogen-bond donors (Lipinski definition) is 1. The van der Waals surface area contributed by atoms with Crippen molar-refractivity contribution in [1.82, 2.24) is 5.32 Å². The molecule has 0 aliphatic heterocycles. The van der Waals surface area contributed by atoms with E-state index in [2.05, 4.69) is 5.32 Å². The number of hydrogen-bond acceptors (Lipinski definition) is 3. The van der Waals surface area contributed by atoms with Crippen molar-refractivity contribution in [3.8, 4) is 0 Å². The van der Waals surface area contributed by atoms with Gasteiger partial charge in [-0.2, -0.15) is 0 Å². The third-order valence-electron chi connectivity index (χ3n) is 2.41. The minimum Gasteiger partial charge on any atom is -0.344 e. The van der Waals surface area contributed by atoms with Crippen molar-refractivity contribution in [3.63, 3.8) is 0 Å². The summed E-state index contributed by atoms with van der Waals surface area (Å²) in [6.07, 6.45) is 0. The van der Waals surface area contributed by atoms with Crippen LogP contribution >= 0.6 is 34.8 Å². The van der Waals surface area contributed by atoms with Gasteiger partial charge in [0.1, 0.15) is 5.56 Å². The summed E-state index contributed by atoms with van der Waals surface area (Å²) in [5.74, 6) is -0.481. The lowest BCUT2D eigenvalue weighted by Crippen LogP contribution is -2.49. The molecule has 19 heavy (non-hydrogen) atoms. The molecular formula is C11H11Cl3N2O3. The molecule has 0 aromatic heterocycles. The van der Waals surface area contributed by atoms with Gasteiger partial charge in [0.05, 0.1) is 10.5 Å². The summed E-state index contributed by atoms with van der Waals surface area (Å²) in [6.45, 7) is 1.64. The maximum Gasteiger partial charge on any atom is 0.282 e. The Hall–Kier alpha value is -1.04. The minimum absolute atomic E-state index is 0.0800. The number of halogens is 3. The molecule has 1 aromatic carbocycles. The molecular weight excluding hydrogens is 314 g/mol. The molecule has 0 fully saturated rings. The second-order valence-corrected chi connectivity index (χ2v) is 5.17. The fourth-order valence-electron chi connectivity index (χ4n) is 1.29. The molecule has 8 heteroatoms. The zero-order chi connectivity index (χ0) is 14.6. The average Bonchev–Trinajstić information content (AvgIpc) is 2.38. The van der Waals surface area contributed by atoms with Gasteiger partial charge in [-0.1, -0.05) is 11.6 Å². The number of nitrogens with zero attached hydrogens (tertiary/aromatic N) is 1. The Morgan fingerprint density at radius 2 is 2.00 bits per heavy atom. The predicted octanol–water partition coefficient (Wildman–Crippen LogP) is 3.21. The summed E-state index contributed by atoms with van der Waals surface area (Å²) in [5.41, 5.74) is -1.30. The van der Waals surface area contributed by atoms with Crippen molar-refractivity contribution in [2.45, 2.75) is 12.5 Å². The van der Waals surface area contributed by atoms with E-state index in [9.17, 15) is 14.9 Å². The van der Waals surface area contributed by atoms with Gasteiger partial charge in [0, 0.05) is 22.8 Å². The Morgan fingerprint density at radius 1 is 1.42 bits per heavy atom. The number of nitro benzene ring substituents is 1. The normalized spacial score (nSPS) is 11.2. The lowest BCUT2D eigenvalue weighted by atomic mass is 10.1. The molecule has 0 spiro atoms. The van der Waals surface area contributed by atoms with Crippen molar-refractivity contribution in [2.75, 3.05) is 11.8 Å². The van der Waals surface area contributed by atoms with Crippen molar-refractivity contribution in [3.05, 3.63) is 38.9 Å². The smallest absolute Gasteiger partial charge is 0.282 e. The van der Waals surface area contributed by atoms with E-state index >= 15 is 0 Å². The standard InChI is InChI=1S/C11H11Cl3N2O3/c1-11(5-12,6-13)15-10(17)8-4-7(14)2-3-9(8)16(18)19/h2-4H,5-6H2,1H3,(H,15,17). The van der Waals surface area contributed by atoms with Crippen LogP contribution in [0.25, 0.3) is 0 Å². The summed E-state index contributed by atoms with van der Waals surface area (Å²) in [7, 11) is 0. The van der Waals surface area contributed by atoms with Crippen LogP contribution in [0.2, 0.25) is 5.02 Å². The van der Waals surface area contributed by atoms with E-state index in [-0.39, 0.29) is 28.0 Å². The SMILES string of the molecule is CC(CCl)(CCl)NC(=O)c1cc(Cl)ccc1[N+](=O)[O-]. The van der Waals surface area contributed by atoms with Gasteiger partial charge in [0.25, 0.3) is 11.6 Å². The highest BCUT2D eigenvalue weighted by Crippen LogP contribution is 2.23. The van der Waals surface area contributed by atoms with E-state index in [4.69, 9.17) is 34.8 Å². The first kappa shape index (κ1) is 16.0. The summed E-state index contributed by atoms with van der Waals surface area (Å²) < 4.78 is 0. The summed E-state index contributed by atoms with van der Waals surface area (Å²) >= 11 is 17.2. The van der Waals surface area contributed by atoms with E-state index < -0.39 is 16.4 Å². The highest BCUT2D eigenvalue weighted by molar-refractivity contribution is 6.31. The molecule has 0 bridgehead atoms. The summed E-state index contributed by atoms with van der Waals surface area (Å²) in [6, 6.07) is 3.76. The van der Waals surface area contributed by atoms with Gasteiger partial charge >= 0.3 is 0 Å². The number of alkyl halides is 2. The van der Waals surface area contributed by atoms with Crippen LogP contribution in [-0.4, -0.2) is 28.1 Å². The molecule has 0 saturated carbocycles. The molecule has 0 atom stereocenters. The number of benzene rings is 1. The molecule has 1 N–H and O–H groups in total. The number of nitro groups is 1. The molecule has 0 aliphatic carbocycles. The number of rotatable bonds is 5. The molecule has 0 saturated heterocycles. The van der Waals surface area contributed by atoms with Gasteiger partial charge in [-0.05, 0) is 19.1 Å². The van der Waals surface area contributed by atoms with Crippen LogP contribution in [0.3, 0.4) is 0 Å². The van der Waals surface area contributed by atoms with E-state index in [1.807, 2.05) is 0 Å². The number of nitrogens with one attached hydrogen (secondary N) is 1. The third kappa shape index (κ3) is 3.96. The fraction of sp³-hybridized carbons (Fsp3) is 0.364. The molecule has 0 radical (unpaired) electrons. The van der Waals surface area contributed by atoms with Crippen molar-refractivity contribution in [1.29, 1.82) is 0 Å². The van der Waals surface area contributed by atoms with Crippen LogP contribution in [0.1, 0.15) is 17.3 Å². The van der Waals surface area contributed by atoms with Crippen LogP contribution < -0.4 is 5.32 Å². The van der Waals surface area contributed by atoms with Gasteiger partial charge in [0.15, 0.2) is 0 Å². The topological polar surface area (TPSA) is 72.2 Å². The summed E-state index contributed by atoms with van der Waals surface area (Å²) in [4.78, 5) is 22.3. The highest BCUT2D eigenvalue weighted by atomic mass is 35.5. The number of carbonyl (C=O) groups is 1. The molecule has 0 unspecified atom stereocenters. The molecule has 0 heterocycles. The highest BCUT2D eigenvalue weighted by Gasteiger charge is 2.28. The molecule has 0 aliphatic rings. The van der Waals surface area contributed by atoms with E-state index in [0.29, 0.717) is 0 Å². The summed E-state index contributed by atoms with van der Waals surface area (Å²) in [5, 5.41) is 13.7. The van der Waals surface area contributed by atoms with Crippen molar-refractivity contribution < 1.29 is 9.72 Å². The Balaban J connectivity index is 3.12. The van der Waals surface area contributed by atoms with Gasteiger partial charge in [-0.15, -0.1) is 23.2 Å². The second-order valence-electron chi connectivity index (χ2n) is 4.20. The van der Waals surface area contributed by atoms with Crippen LogP contribution in [-0.2, 0) is 0 Å². The Labute approximate surface area is 125 Å². The average molecular weight is 326 g/mol. The fourth-order valence-corrected chi connectivity index (χ4v) is 1.88. The monoisotopic (exact) mass is 324 g/mol. The number of amides is 1. The first-order valence-electron chi connectivity index (χ1n) is 5.21. The lowest BCUT2D eigenvalue weighted by molar-refractivity contribution is -0.385. The van der Waals surface area contributed by atoms with Crippen LogP contribution in [0, 0.1) is 10.1 Å². The van der Waals surface area contributed by atoms with Crippen LogP contribution in [0.15, 0.2) is 18.2 Å². The largest absolute Gasteiger partial charge is 0.344 e. The molecule has 5 nitrogen and oxygen atoms in total. The van der Waals surface area contributed by atoms with Gasteiger partial charge in [-0.3, -0.25) is 14.9 Å². The van der Waals surface area contributed by atoms with Crippen molar-refractivity contribution >= 4 is 46.4 Å². The van der Waals surface area contributed by atoms with Gasteiger partial charge < -0.3 is 5.32 Å². The van der Waals surface area contributed by atoms with Crippen molar-refractivity contribution in [2.24, 2.45) is 0 Å². The minimum atomic E-state index is -0.851. The quantitative estimate of drug-likeness (QED) is 0.513. The first-order chi connectivity index (χ1) is 8.83. The zero-order valence-electron chi connectivity index (χ0n) is 9.95. The van der Waals surface area contributed by atoms with E-state index in [1.165, 1.54) is 18.2 Å². The molecule has 1 aromatic rings. The van der Waals surface area contributed by atoms with E-state index in [0.717, 1.165) is 0 Å². The third-order valence-corrected chi connectivity index (χ3v) is 3.82.